The molecule has 2 aromatic rings. The summed E-state index contributed by atoms with van der Waals surface area (Å²) >= 11 is 11.8. The van der Waals surface area contributed by atoms with E-state index in [1.807, 2.05) is 13.8 Å². The zero-order valence-corrected chi connectivity index (χ0v) is 13.6. The van der Waals surface area contributed by atoms with Crippen molar-refractivity contribution in [2.45, 2.75) is 20.0 Å². The molecule has 0 heterocycles. The quantitative estimate of drug-likeness (QED) is 0.764. The van der Waals surface area contributed by atoms with Gasteiger partial charge in [0.25, 0.3) is 7.37 Å². The fourth-order valence-electron chi connectivity index (χ4n) is 1.84. The first-order valence-electron chi connectivity index (χ1n) is 6.22. The summed E-state index contributed by atoms with van der Waals surface area (Å²) < 4.78 is 19.1. The van der Waals surface area contributed by atoms with E-state index in [1.54, 1.807) is 48.5 Å². The Bertz CT molecular complexity index is 572. The second kappa shape index (κ2) is 6.32. The number of hydrogen-bond donors (Lipinski definition) is 0. The molecule has 0 aliphatic carbocycles. The van der Waals surface area contributed by atoms with Crippen molar-refractivity contribution in [3.63, 3.8) is 0 Å². The first-order valence-corrected chi connectivity index (χ1v) is 8.60. The summed E-state index contributed by atoms with van der Waals surface area (Å²) in [4.78, 5) is 0. The minimum atomic E-state index is -3.14. The molecule has 2 rings (SSSR count). The second-order valence-corrected chi connectivity index (χ2v) is 7.88. The monoisotopic (exact) mass is 328 g/mol. The maximum Gasteiger partial charge on any atom is 0.261 e. The van der Waals surface area contributed by atoms with Crippen LogP contribution in [0.5, 0.6) is 0 Å². The maximum absolute atomic E-state index is 13.3. The molecule has 106 valence electrons. The lowest BCUT2D eigenvalue weighted by atomic mass is 10.4. The first kappa shape index (κ1) is 15.6. The Morgan fingerprint density at radius 3 is 1.50 bits per heavy atom. The van der Waals surface area contributed by atoms with Gasteiger partial charge in [-0.3, -0.25) is 4.57 Å². The fourth-order valence-corrected chi connectivity index (χ4v) is 4.31. The summed E-state index contributed by atoms with van der Waals surface area (Å²) in [6, 6.07) is 13.8. The molecule has 2 nitrogen and oxygen atoms in total. The van der Waals surface area contributed by atoms with Gasteiger partial charge in [0.1, 0.15) is 0 Å². The molecule has 0 amide bonds. The Balaban J connectivity index is 2.53. The number of halogens is 2. The minimum absolute atomic E-state index is 0.160. The second-order valence-electron chi connectivity index (χ2n) is 4.66. The minimum Gasteiger partial charge on any atom is -0.319 e. The van der Waals surface area contributed by atoms with Gasteiger partial charge in [-0.15, -0.1) is 0 Å². The van der Waals surface area contributed by atoms with E-state index in [2.05, 4.69) is 0 Å². The van der Waals surface area contributed by atoms with Gasteiger partial charge in [0.05, 0.1) is 6.10 Å². The van der Waals surface area contributed by atoms with Crippen LogP contribution in [-0.2, 0) is 9.09 Å². The molecule has 0 unspecified atom stereocenters. The van der Waals surface area contributed by atoms with E-state index in [4.69, 9.17) is 27.7 Å². The summed E-state index contributed by atoms with van der Waals surface area (Å²) in [5.74, 6) is 0. The molecule has 0 fully saturated rings. The van der Waals surface area contributed by atoms with E-state index in [1.165, 1.54) is 0 Å². The number of benzene rings is 2. The van der Waals surface area contributed by atoms with E-state index in [0.29, 0.717) is 20.7 Å². The van der Waals surface area contributed by atoms with Crippen LogP contribution in [0.3, 0.4) is 0 Å². The predicted octanol–water partition coefficient (Wildman–Crippen LogP) is 4.65. The van der Waals surface area contributed by atoms with E-state index >= 15 is 0 Å². The fraction of sp³-hybridized carbons (Fsp3) is 0.200. The largest absolute Gasteiger partial charge is 0.319 e. The molecule has 0 spiro atoms. The lowest BCUT2D eigenvalue weighted by Crippen LogP contribution is -2.20. The number of hydrogen-bond acceptors (Lipinski definition) is 2. The summed E-state index contributed by atoms with van der Waals surface area (Å²) in [6.45, 7) is 3.72. The van der Waals surface area contributed by atoms with Crippen LogP contribution in [0.2, 0.25) is 10.0 Å². The van der Waals surface area contributed by atoms with Gasteiger partial charge in [0.15, 0.2) is 0 Å². The smallest absolute Gasteiger partial charge is 0.261 e. The van der Waals surface area contributed by atoms with Crippen LogP contribution >= 0.6 is 30.6 Å². The van der Waals surface area contributed by atoms with Crippen molar-refractivity contribution >= 4 is 41.2 Å². The molecule has 2 aromatic carbocycles. The van der Waals surface area contributed by atoms with Crippen LogP contribution in [-0.4, -0.2) is 6.10 Å². The van der Waals surface area contributed by atoms with Crippen LogP contribution in [0.25, 0.3) is 0 Å². The van der Waals surface area contributed by atoms with Crippen molar-refractivity contribution < 1.29 is 9.09 Å². The Morgan fingerprint density at radius 1 is 0.850 bits per heavy atom. The zero-order chi connectivity index (χ0) is 14.8. The normalized spacial score (nSPS) is 11.8. The Morgan fingerprint density at radius 2 is 1.20 bits per heavy atom. The average molecular weight is 329 g/mol. The van der Waals surface area contributed by atoms with Gasteiger partial charge in [0.2, 0.25) is 0 Å². The van der Waals surface area contributed by atoms with Crippen LogP contribution in [0, 0.1) is 0 Å². The van der Waals surface area contributed by atoms with Crippen molar-refractivity contribution in [1.82, 2.24) is 0 Å². The van der Waals surface area contributed by atoms with Gasteiger partial charge in [-0.2, -0.15) is 0 Å². The molecular formula is C15H15Cl2O2P. The third-order valence-electron chi connectivity index (χ3n) is 2.69. The van der Waals surface area contributed by atoms with Gasteiger partial charge in [-0.05, 0) is 62.4 Å². The summed E-state index contributed by atoms with van der Waals surface area (Å²) in [5.41, 5.74) is 0. The highest BCUT2D eigenvalue weighted by atomic mass is 35.5. The SMILES string of the molecule is CC(C)OP(=O)(c1ccc(Cl)cc1)c1ccc(Cl)cc1. The third-order valence-corrected chi connectivity index (χ3v) is 5.87. The van der Waals surface area contributed by atoms with Crippen LogP contribution in [0.1, 0.15) is 13.8 Å². The van der Waals surface area contributed by atoms with E-state index in [-0.39, 0.29) is 6.10 Å². The van der Waals surface area contributed by atoms with Crippen molar-refractivity contribution in [2.24, 2.45) is 0 Å². The molecule has 5 heteroatoms. The summed E-state index contributed by atoms with van der Waals surface area (Å²) in [5, 5.41) is 2.44. The highest BCUT2D eigenvalue weighted by Crippen LogP contribution is 2.46. The van der Waals surface area contributed by atoms with Gasteiger partial charge >= 0.3 is 0 Å². The molecule has 0 aliphatic heterocycles. The summed E-state index contributed by atoms with van der Waals surface area (Å²) in [6.07, 6.45) is -0.160. The lowest BCUT2D eigenvalue weighted by molar-refractivity contribution is 0.254. The standard InChI is InChI=1S/C15H15Cl2O2P/c1-11(2)19-20(18,14-7-3-12(16)4-8-14)15-9-5-13(17)6-10-15/h3-11H,1-2H3. The van der Waals surface area contributed by atoms with Crippen molar-refractivity contribution in [1.29, 1.82) is 0 Å². The molecule has 0 saturated carbocycles. The van der Waals surface area contributed by atoms with Crippen molar-refractivity contribution in [3.8, 4) is 0 Å². The highest BCUT2D eigenvalue weighted by molar-refractivity contribution is 7.74. The molecule has 0 N–H and O–H groups in total. The van der Waals surface area contributed by atoms with Crippen molar-refractivity contribution in [2.75, 3.05) is 0 Å². The summed E-state index contributed by atoms with van der Waals surface area (Å²) in [7, 11) is -3.14. The molecule has 20 heavy (non-hydrogen) atoms. The molecule has 0 aromatic heterocycles. The van der Waals surface area contributed by atoms with Crippen LogP contribution in [0.4, 0.5) is 0 Å². The molecule has 0 radical (unpaired) electrons. The lowest BCUT2D eigenvalue weighted by Gasteiger charge is -2.21. The average Bonchev–Trinajstić information content (AvgIpc) is 2.39. The van der Waals surface area contributed by atoms with Gasteiger partial charge in [0, 0.05) is 20.7 Å². The Labute approximate surface area is 129 Å². The maximum atomic E-state index is 13.3. The molecule has 0 atom stereocenters. The zero-order valence-electron chi connectivity index (χ0n) is 11.2. The van der Waals surface area contributed by atoms with Gasteiger partial charge in [-0.25, -0.2) is 0 Å². The molecular weight excluding hydrogens is 314 g/mol. The van der Waals surface area contributed by atoms with Crippen molar-refractivity contribution in [3.05, 3.63) is 58.6 Å². The third kappa shape index (κ3) is 3.45. The predicted molar refractivity (Wildman–Crippen MR) is 86.0 cm³/mol. The van der Waals surface area contributed by atoms with Gasteiger partial charge in [-0.1, -0.05) is 23.2 Å². The van der Waals surface area contributed by atoms with E-state index in [0.717, 1.165) is 0 Å². The van der Waals surface area contributed by atoms with Gasteiger partial charge < -0.3 is 4.52 Å². The molecule has 0 saturated heterocycles. The Hall–Kier alpha value is -0.790. The molecule has 0 bridgehead atoms. The van der Waals surface area contributed by atoms with Crippen LogP contribution in [0.15, 0.2) is 48.5 Å². The highest BCUT2D eigenvalue weighted by Gasteiger charge is 2.29. The van der Waals surface area contributed by atoms with Crippen LogP contribution < -0.4 is 10.6 Å². The first-order chi connectivity index (χ1) is 9.41. The topological polar surface area (TPSA) is 26.3 Å². The number of rotatable bonds is 4. The molecule has 0 aliphatic rings. The Kier molecular flexibility index (Phi) is 4.93. The van der Waals surface area contributed by atoms with E-state index < -0.39 is 7.37 Å². The van der Waals surface area contributed by atoms with E-state index in [9.17, 15) is 4.57 Å².